The van der Waals surface area contributed by atoms with Gasteiger partial charge in [0.1, 0.15) is 0 Å². The van der Waals surface area contributed by atoms with Crippen LogP contribution >= 0.6 is 0 Å². The highest BCUT2D eigenvalue weighted by Crippen LogP contribution is 2.58. The Morgan fingerprint density at radius 3 is 2.26 bits per heavy atom. The molecular weight excluding hydrogens is 290 g/mol. The van der Waals surface area contributed by atoms with Gasteiger partial charge in [-0.1, -0.05) is 6.92 Å². The van der Waals surface area contributed by atoms with Crippen LogP contribution in [0.5, 0.6) is 0 Å². The average Bonchev–Trinajstić information content (AvgIpc) is 2.97. The molecule has 4 nitrogen and oxygen atoms in total. The van der Waals surface area contributed by atoms with Gasteiger partial charge in [0, 0.05) is 19.0 Å². The monoisotopic (exact) mass is 319 g/mol. The molecule has 1 amide bonds. The fourth-order valence-electron chi connectivity index (χ4n) is 6.92. The minimum atomic E-state index is -0.568. The Hall–Kier alpha value is -1.06. The molecule has 1 N–H and O–H groups in total. The molecule has 0 radical (unpaired) electrons. The number of rotatable bonds is 1. The first-order valence-corrected chi connectivity index (χ1v) is 9.48. The third kappa shape index (κ3) is 2.24. The highest BCUT2D eigenvalue weighted by Gasteiger charge is 2.54. The molecule has 8 atom stereocenters. The van der Waals surface area contributed by atoms with E-state index in [-0.39, 0.29) is 11.8 Å². The summed E-state index contributed by atoms with van der Waals surface area (Å²) >= 11 is 0. The van der Waals surface area contributed by atoms with E-state index in [2.05, 4.69) is 6.92 Å². The Balaban J connectivity index is 1.56. The summed E-state index contributed by atoms with van der Waals surface area (Å²) in [4.78, 5) is 25.9. The standard InChI is InChI=1S/C19H29NO3/c1-10-9-16-14-4-3-13-11(5-6-15(13)19(22)23)12(14)7-8-17(16)20(2)18(10)21/h10-17H,3-9H2,1-2H3,(H,22,23). The summed E-state index contributed by atoms with van der Waals surface area (Å²) in [6.07, 6.45) is 7.66. The van der Waals surface area contributed by atoms with Crippen LogP contribution in [0.4, 0.5) is 0 Å². The number of carboxylic acids is 1. The lowest BCUT2D eigenvalue weighted by molar-refractivity contribution is -0.151. The minimum Gasteiger partial charge on any atom is -0.481 e. The van der Waals surface area contributed by atoms with Gasteiger partial charge < -0.3 is 10.0 Å². The van der Waals surface area contributed by atoms with Gasteiger partial charge in [0.25, 0.3) is 0 Å². The van der Waals surface area contributed by atoms with Crippen molar-refractivity contribution in [3.63, 3.8) is 0 Å². The second kappa shape index (κ2) is 5.49. The summed E-state index contributed by atoms with van der Waals surface area (Å²) in [7, 11) is 2.00. The van der Waals surface area contributed by atoms with Gasteiger partial charge in [-0.05, 0) is 74.5 Å². The SMILES string of the molecule is CC1CC2C3CCC4C(C(=O)O)CCC4C3CCC2N(C)C1=O. The Bertz CT molecular complexity index is 519. The number of amides is 1. The van der Waals surface area contributed by atoms with Gasteiger partial charge in [-0.3, -0.25) is 9.59 Å². The minimum absolute atomic E-state index is 0.0896. The number of likely N-dealkylation sites (tertiary alicyclic amines) is 1. The van der Waals surface area contributed by atoms with Crippen LogP contribution in [0.1, 0.15) is 51.9 Å². The van der Waals surface area contributed by atoms with E-state index < -0.39 is 5.97 Å². The Morgan fingerprint density at radius 1 is 0.957 bits per heavy atom. The van der Waals surface area contributed by atoms with E-state index in [1.54, 1.807) is 0 Å². The molecule has 4 rings (SSSR count). The topological polar surface area (TPSA) is 57.6 Å². The first-order chi connectivity index (χ1) is 11.0. The number of piperidine rings is 1. The molecule has 8 unspecified atom stereocenters. The van der Waals surface area contributed by atoms with Gasteiger partial charge in [0.15, 0.2) is 0 Å². The molecule has 4 aliphatic rings. The van der Waals surface area contributed by atoms with Gasteiger partial charge in [0.05, 0.1) is 5.92 Å². The van der Waals surface area contributed by atoms with Crippen molar-refractivity contribution >= 4 is 11.9 Å². The fourth-order valence-corrected chi connectivity index (χ4v) is 6.92. The van der Waals surface area contributed by atoms with Crippen molar-refractivity contribution in [2.24, 2.45) is 41.4 Å². The van der Waals surface area contributed by atoms with E-state index in [1.807, 2.05) is 11.9 Å². The molecular formula is C19H29NO3. The molecule has 0 spiro atoms. The number of carbonyl (C=O) groups is 2. The van der Waals surface area contributed by atoms with E-state index in [0.29, 0.717) is 35.6 Å². The number of fused-ring (bicyclic) bond motifs is 5. The van der Waals surface area contributed by atoms with E-state index >= 15 is 0 Å². The Kier molecular flexibility index (Phi) is 3.69. The van der Waals surface area contributed by atoms with Crippen molar-refractivity contribution in [3.8, 4) is 0 Å². The van der Waals surface area contributed by atoms with E-state index in [4.69, 9.17) is 0 Å². The molecule has 1 heterocycles. The van der Waals surface area contributed by atoms with E-state index in [0.717, 1.165) is 38.0 Å². The van der Waals surface area contributed by atoms with Crippen LogP contribution < -0.4 is 0 Å². The molecule has 0 aromatic carbocycles. The molecule has 0 aromatic rings. The third-order valence-corrected chi connectivity index (χ3v) is 7.86. The predicted octanol–water partition coefficient (Wildman–Crippen LogP) is 3.02. The maximum Gasteiger partial charge on any atom is 0.306 e. The van der Waals surface area contributed by atoms with Crippen LogP contribution in [0.2, 0.25) is 0 Å². The number of carboxylic acid groups (broad SMARTS) is 1. The van der Waals surface area contributed by atoms with Crippen LogP contribution in [0, 0.1) is 41.4 Å². The summed E-state index contributed by atoms with van der Waals surface area (Å²) in [5, 5.41) is 9.49. The Labute approximate surface area is 138 Å². The number of hydrogen-bond acceptors (Lipinski definition) is 2. The second-order valence-electron chi connectivity index (χ2n) is 8.65. The van der Waals surface area contributed by atoms with Crippen molar-refractivity contribution in [2.75, 3.05) is 7.05 Å². The summed E-state index contributed by atoms with van der Waals surface area (Å²) in [5.41, 5.74) is 0. The highest BCUT2D eigenvalue weighted by molar-refractivity contribution is 5.79. The smallest absolute Gasteiger partial charge is 0.306 e. The molecule has 0 bridgehead atoms. The normalized spacial score (nSPS) is 49.3. The first kappa shape index (κ1) is 15.5. The van der Waals surface area contributed by atoms with Crippen molar-refractivity contribution in [1.29, 1.82) is 0 Å². The van der Waals surface area contributed by atoms with Crippen LogP contribution in [-0.4, -0.2) is 35.0 Å². The maximum absolute atomic E-state index is 12.3. The molecule has 4 fully saturated rings. The van der Waals surface area contributed by atoms with Crippen molar-refractivity contribution in [2.45, 2.75) is 57.9 Å². The molecule has 128 valence electrons. The van der Waals surface area contributed by atoms with Crippen LogP contribution in [0.15, 0.2) is 0 Å². The highest BCUT2D eigenvalue weighted by atomic mass is 16.4. The number of hydrogen-bond donors (Lipinski definition) is 1. The van der Waals surface area contributed by atoms with Crippen LogP contribution in [0.25, 0.3) is 0 Å². The Morgan fingerprint density at radius 2 is 1.52 bits per heavy atom. The zero-order valence-electron chi connectivity index (χ0n) is 14.3. The molecule has 4 heteroatoms. The molecule has 0 aromatic heterocycles. The fraction of sp³-hybridized carbons (Fsp3) is 0.895. The third-order valence-electron chi connectivity index (χ3n) is 7.86. The lowest BCUT2D eigenvalue weighted by Gasteiger charge is -2.55. The summed E-state index contributed by atoms with van der Waals surface area (Å²) < 4.78 is 0. The number of aliphatic carboxylic acids is 1. The van der Waals surface area contributed by atoms with Gasteiger partial charge in [-0.25, -0.2) is 0 Å². The summed E-state index contributed by atoms with van der Waals surface area (Å²) in [5.74, 6) is 2.97. The van der Waals surface area contributed by atoms with E-state index in [9.17, 15) is 14.7 Å². The second-order valence-corrected chi connectivity index (χ2v) is 8.65. The quantitative estimate of drug-likeness (QED) is 0.808. The van der Waals surface area contributed by atoms with Gasteiger partial charge in [0.2, 0.25) is 5.91 Å². The van der Waals surface area contributed by atoms with E-state index in [1.165, 1.54) is 12.8 Å². The summed E-state index contributed by atoms with van der Waals surface area (Å²) in [6, 6.07) is 0.438. The van der Waals surface area contributed by atoms with Crippen LogP contribution in [-0.2, 0) is 9.59 Å². The summed E-state index contributed by atoms with van der Waals surface area (Å²) in [6.45, 7) is 2.08. The van der Waals surface area contributed by atoms with Crippen LogP contribution in [0.3, 0.4) is 0 Å². The average molecular weight is 319 g/mol. The molecule has 1 saturated heterocycles. The number of carbonyl (C=O) groups excluding carboxylic acids is 1. The van der Waals surface area contributed by atoms with Crippen molar-refractivity contribution in [1.82, 2.24) is 4.90 Å². The maximum atomic E-state index is 12.3. The number of nitrogens with zero attached hydrogens (tertiary/aromatic N) is 1. The first-order valence-electron chi connectivity index (χ1n) is 9.48. The molecule has 3 aliphatic carbocycles. The van der Waals surface area contributed by atoms with Gasteiger partial charge in [-0.2, -0.15) is 0 Å². The molecule has 3 saturated carbocycles. The van der Waals surface area contributed by atoms with Crippen molar-refractivity contribution < 1.29 is 14.7 Å². The zero-order chi connectivity index (χ0) is 16.3. The lowest BCUT2D eigenvalue weighted by Crippen LogP contribution is -2.56. The zero-order valence-corrected chi connectivity index (χ0v) is 14.3. The largest absolute Gasteiger partial charge is 0.481 e. The van der Waals surface area contributed by atoms with Gasteiger partial charge >= 0.3 is 5.97 Å². The van der Waals surface area contributed by atoms with Gasteiger partial charge in [-0.15, -0.1) is 0 Å². The predicted molar refractivity (Wildman–Crippen MR) is 86.6 cm³/mol. The molecule has 23 heavy (non-hydrogen) atoms. The lowest BCUT2D eigenvalue weighted by atomic mass is 9.55. The van der Waals surface area contributed by atoms with Crippen molar-refractivity contribution in [3.05, 3.63) is 0 Å². The molecule has 1 aliphatic heterocycles.